The molecule has 1 aromatic heterocycles. The Labute approximate surface area is 121 Å². The lowest BCUT2D eigenvalue weighted by molar-refractivity contribution is 0.195. The van der Waals surface area contributed by atoms with E-state index in [2.05, 4.69) is 33.1 Å². The molecular formula is C15H26N4O. The fraction of sp³-hybridized carbons (Fsp3) is 0.667. The van der Waals surface area contributed by atoms with E-state index < -0.39 is 0 Å². The zero-order valence-electron chi connectivity index (χ0n) is 12.4. The normalized spacial score (nSPS) is 17.9. The van der Waals surface area contributed by atoms with E-state index in [-0.39, 0.29) is 6.61 Å². The summed E-state index contributed by atoms with van der Waals surface area (Å²) < 4.78 is 0. The molecule has 20 heavy (non-hydrogen) atoms. The van der Waals surface area contributed by atoms with E-state index in [9.17, 15) is 0 Å². The van der Waals surface area contributed by atoms with Gasteiger partial charge in [-0.25, -0.2) is 0 Å². The van der Waals surface area contributed by atoms with Crippen LogP contribution in [0, 0.1) is 0 Å². The molecule has 5 heteroatoms. The summed E-state index contributed by atoms with van der Waals surface area (Å²) in [7, 11) is 0. The maximum atomic E-state index is 9.02. The monoisotopic (exact) mass is 278 g/mol. The molecule has 1 saturated heterocycles. The van der Waals surface area contributed by atoms with Crippen LogP contribution in [0.5, 0.6) is 0 Å². The highest BCUT2D eigenvalue weighted by Gasteiger charge is 2.14. The Balaban J connectivity index is 1.88. The number of nitrogens with zero attached hydrogens (tertiary/aromatic N) is 3. The van der Waals surface area contributed by atoms with E-state index in [1.165, 1.54) is 0 Å². The van der Waals surface area contributed by atoms with Gasteiger partial charge in [-0.05, 0) is 38.6 Å². The van der Waals surface area contributed by atoms with E-state index in [0.717, 1.165) is 63.6 Å². The number of nitrogens with one attached hydrogen (secondary N) is 1. The average Bonchev–Trinajstić information content (AvgIpc) is 2.66. The van der Waals surface area contributed by atoms with E-state index in [4.69, 9.17) is 5.11 Å². The third-order valence-electron chi connectivity index (χ3n) is 3.68. The average molecular weight is 278 g/mol. The molecule has 2 heterocycles. The zero-order valence-corrected chi connectivity index (χ0v) is 12.4. The Morgan fingerprint density at radius 2 is 2.05 bits per heavy atom. The van der Waals surface area contributed by atoms with Crippen molar-refractivity contribution >= 4 is 5.69 Å². The van der Waals surface area contributed by atoms with Crippen molar-refractivity contribution in [3.63, 3.8) is 0 Å². The molecule has 1 aliphatic heterocycles. The lowest BCUT2D eigenvalue weighted by Crippen LogP contribution is -2.32. The van der Waals surface area contributed by atoms with Crippen LogP contribution in [0.25, 0.3) is 0 Å². The Morgan fingerprint density at radius 3 is 2.85 bits per heavy atom. The predicted octanol–water partition coefficient (Wildman–Crippen LogP) is 1.01. The van der Waals surface area contributed by atoms with Crippen LogP contribution in [-0.2, 0) is 6.54 Å². The SMILES string of the molecule is CCNc1ccnc(CN2CCCN(CCO)CC2)c1. The Kier molecular flexibility index (Phi) is 6.24. The van der Waals surface area contributed by atoms with Gasteiger partial charge in [-0.2, -0.15) is 0 Å². The van der Waals surface area contributed by atoms with Gasteiger partial charge in [0, 0.05) is 44.6 Å². The van der Waals surface area contributed by atoms with Gasteiger partial charge < -0.3 is 10.4 Å². The number of anilines is 1. The molecule has 5 nitrogen and oxygen atoms in total. The van der Waals surface area contributed by atoms with Gasteiger partial charge >= 0.3 is 0 Å². The summed E-state index contributed by atoms with van der Waals surface area (Å²) >= 11 is 0. The predicted molar refractivity (Wildman–Crippen MR) is 81.8 cm³/mol. The molecule has 0 atom stereocenters. The van der Waals surface area contributed by atoms with E-state index in [1.807, 2.05) is 12.3 Å². The first-order valence-corrected chi connectivity index (χ1v) is 7.56. The van der Waals surface area contributed by atoms with Crippen molar-refractivity contribution < 1.29 is 5.11 Å². The third kappa shape index (κ3) is 4.74. The second kappa shape index (κ2) is 8.19. The molecule has 1 fully saturated rings. The summed E-state index contributed by atoms with van der Waals surface area (Å²) in [5.74, 6) is 0. The largest absolute Gasteiger partial charge is 0.395 e. The molecule has 0 amide bonds. The van der Waals surface area contributed by atoms with Gasteiger partial charge in [0.15, 0.2) is 0 Å². The highest BCUT2D eigenvalue weighted by atomic mass is 16.3. The van der Waals surface area contributed by atoms with E-state index in [0.29, 0.717) is 0 Å². The molecule has 1 aromatic rings. The highest BCUT2D eigenvalue weighted by Crippen LogP contribution is 2.11. The molecule has 2 rings (SSSR count). The molecule has 0 saturated carbocycles. The summed E-state index contributed by atoms with van der Waals surface area (Å²) in [6.07, 6.45) is 3.04. The molecular weight excluding hydrogens is 252 g/mol. The minimum atomic E-state index is 0.256. The molecule has 0 unspecified atom stereocenters. The molecule has 1 aliphatic rings. The maximum Gasteiger partial charge on any atom is 0.0564 e. The molecule has 112 valence electrons. The summed E-state index contributed by atoms with van der Waals surface area (Å²) in [5, 5.41) is 12.3. The Bertz CT molecular complexity index is 399. The standard InChI is InChI=1S/C15H26N4O/c1-2-16-14-4-5-17-15(12-14)13-19-7-3-6-18(8-9-19)10-11-20/h4-5,12,20H,2-3,6-11,13H2,1H3,(H,16,17). The van der Waals surface area contributed by atoms with Crippen molar-refractivity contribution in [3.05, 3.63) is 24.0 Å². The number of pyridine rings is 1. The van der Waals surface area contributed by atoms with Crippen molar-refractivity contribution in [1.82, 2.24) is 14.8 Å². The fourth-order valence-corrected chi connectivity index (χ4v) is 2.66. The maximum absolute atomic E-state index is 9.02. The number of hydrogen-bond donors (Lipinski definition) is 2. The molecule has 2 N–H and O–H groups in total. The minimum Gasteiger partial charge on any atom is -0.395 e. The second-order valence-electron chi connectivity index (χ2n) is 5.26. The first kappa shape index (κ1) is 15.2. The van der Waals surface area contributed by atoms with Crippen LogP contribution in [0.2, 0.25) is 0 Å². The zero-order chi connectivity index (χ0) is 14.2. The van der Waals surface area contributed by atoms with Crippen LogP contribution in [0.15, 0.2) is 18.3 Å². The van der Waals surface area contributed by atoms with Crippen LogP contribution < -0.4 is 5.32 Å². The number of aromatic nitrogens is 1. The number of hydrogen-bond acceptors (Lipinski definition) is 5. The van der Waals surface area contributed by atoms with Gasteiger partial charge in [0.2, 0.25) is 0 Å². The molecule has 0 radical (unpaired) electrons. The van der Waals surface area contributed by atoms with Crippen LogP contribution >= 0.6 is 0 Å². The molecule has 0 bridgehead atoms. The van der Waals surface area contributed by atoms with Gasteiger partial charge in [-0.3, -0.25) is 14.8 Å². The lowest BCUT2D eigenvalue weighted by Gasteiger charge is -2.21. The van der Waals surface area contributed by atoms with Crippen LogP contribution in [0.1, 0.15) is 19.0 Å². The van der Waals surface area contributed by atoms with Crippen LogP contribution in [-0.4, -0.2) is 65.8 Å². The van der Waals surface area contributed by atoms with Crippen molar-refractivity contribution in [2.45, 2.75) is 19.9 Å². The van der Waals surface area contributed by atoms with Gasteiger partial charge in [-0.1, -0.05) is 0 Å². The summed E-state index contributed by atoms with van der Waals surface area (Å²) in [5.41, 5.74) is 2.27. The number of β-amino-alcohol motifs (C(OH)–C–C–N with tert-alkyl or cyclic N) is 1. The number of aliphatic hydroxyl groups excluding tert-OH is 1. The van der Waals surface area contributed by atoms with E-state index in [1.54, 1.807) is 0 Å². The van der Waals surface area contributed by atoms with Gasteiger partial charge in [-0.15, -0.1) is 0 Å². The molecule has 0 aromatic carbocycles. The van der Waals surface area contributed by atoms with E-state index >= 15 is 0 Å². The smallest absolute Gasteiger partial charge is 0.0564 e. The summed E-state index contributed by atoms with van der Waals surface area (Å²) in [6.45, 7) is 9.27. The van der Waals surface area contributed by atoms with Crippen molar-refractivity contribution in [3.8, 4) is 0 Å². The van der Waals surface area contributed by atoms with Crippen molar-refractivity contribution in [2.75, 3.05) is 51.2 Å². The topological polar surface area (TPSA) is 51.6 Å². The number of aliphatic hydroxyl groups is 1. The molecule has 0 aliphatic carbocycles. The van der Waals surface area contributed by atoms with Crippen molar-refractivity contribution in [1.29, 1.82) is 0 Å². The van der Waals surface area contributed by atoms with Gasteiger partial charge in [0.25, 0.3) is 0 Å². The van der Waals surface area contributed by atoms with Gasteiger partial charge in [0.05, 0.1) is 12.3 Å². The lowest BCUT2D eigenvalue weighted by atomic mass is 10.3. The number of rotatable bonds is 6. The fourth-order valence-electron chi connectivity index (χ4n) is 2.66. The third-order valence-corrected chi connectivity index (χ3v) is 3.68. The Morgan fingerprint density at radius 1 is 1.25 bits per heavy atom. The van der Waals surface area contributed by atoms with Crippen LogP contribution in [0.4, 0.5) is 5.69 Å². The minimum absolute atomic E-state index is 0.256. The second-order valence-corrected chi connectivity index (χ2v) is 5.26. The first-order chi connectivity index (χ1) is 9.81. The summed E-state index contributed by atoms with van der Waals surface area (Å²) in [6, 6.07) is 4.15. The quantitative estimate of drug-likeness (QED) is 0.813. The van der Waals surface area contributed by atoms with Crippen molar-refractivity contribution in [2.24, 2.45) is 0 Å². The van der Waals surface area contributed by atoms with Gasteiger partial charge in [0.1, 0.15) is 0 Å². The van der Waals surface area contributed by atoms with Crippen LogP contribution in [0.3, 0.4) is 0 Å². The first-order valence-electron chi connectivity index (χ1n) is 7.56. The summed E-state index contributed by atoms with van der Waals surface area (Å²) in [4.78, 5) is 9.26. The highest BCUT2D eigenvalue weighted by molar-refractivity contribution is 5.42. The molecule has 0 spiro atoms. The Hall–Kier alpha value is -1.17.